The standard InChI is InChI=1S/C47H79N9O13.CO2/c1-14-30-21(4)22(5)34(51-54-48)45(61-30)68-40-27(10)41(64-33-19-17-18-20-59-33)47(69-42(40)28(11)57)67-39-26(9)36(53-56-50)46(63-32(39)16-3)65-37-23(6)24(7)43(60-29(37)12)66-38-25(8)35(52-55-49)44(58-13)62-31(38)15-2;2-1-3/h21-27,29-47H,14-20H2,1-13H3;/t21-,22-,23+,24?,25+,26+,27-,29?,30-,31?,32?,33?,34?,35?,36?,37-,38-,39-,40-,41?,42-,43+,44-,45+,46+,47+;/m0./s1. The Hall–Kier alpha value is -3.50. The van der Waals surface area contributed by atoms with Gasteiger partial charge < -0.3 is 56.8 Å². The molecule has 0 radical (unpaired) electrons. The average molecular weight is 1020 g/mol. The number of nitrogens with zero attached hydrogens (tertiary/aromatic N) is 9. The highest BCUT2D eigenvalue weighted by molar-refractivity contribution is 5.81. The Morgan fingerprint density at radius 1 is 0.542 bits per heavy atom. The zero-order chi connectivity index (χ0) is 53.0. The minimum Gasteiger partial charge on any atom is -0.355 e. The van der Waals surface area contributed by atoms with E-state index in [-0.39, 0.29) is 53.7 Å². The summed E-state index contributed by atoms with van der Waals surface area (Å²) in [7, 11) is 1.53. The Kier molecular flexibility index (Phi) is 23.0. The van der Waals surface area contributed by atoms with E-state index in [2.05, 4.69) is 43.9 Å². The summed E-state index contributed by atoms with van der Waals surface area (Å²) in [5, 5.41) is 12.4. The molecule has 0 aromatic rings. The van der Waals surface area contributed by atoms with Gasteiger partial charge in [-0.3, -0.25) is 4.79 Å². The first kappa shape index (κ1) is 59.4. The van der Waals surface area contributed by atoms with Gasteiger partial charge in [0.1, 0.15) is 12.2 Å². The quantitative estimate of drug-likeness (QED) is 0.0706. The van der Waals surface area contributed by atoms with Crippen LogP contribution in [0.5, 0.6) is 0 Å². The SMILES string of the molecule is CCC1O[C@H](O[C@@H]2C(C)O[C@H](O[C@@H]3C(CC)O[C@H](OC)C(N=[N+]=[N-])[C@H]3C)C(C)[C@H]2C)C(N=[N+]=[N-])[C@@H](C)[C@@H]1O[C@@H]1O[C@@H](C(C)=O)[C@@H](O[C@H]2O[C@@H](CC)[C@@H](C)[C@H](C)C2N=[N+]=[N-])[C@H](C)C1OC1CCCCO1.O=C=O. The predicted octanol–water partition coefficient (Wildman–Crippen LogP) is 8.45. The molecule has 6 rings (SSSR count). The number of rotatable bonds is 18. The third kappa shape index (κ3) is 13.5. The smallest absolute Gasteiger partial charge is 0.355 e. The number of hydrogen-bond acceptors (Lipinski definition) is 18. The highest BCUT2D eigenvalue weighted by atomic mass is 16.8. The van der Waals surface area contributed by atoms with Crippen LogP contribution in [0.3, 0.4) is 0 Å². The van der Waals surface area contributed by atoms with Gasteiger partial charge in [-0.05, 0) is 98.6 Å². The van der Waals surface area contributed by atoms with E-state index < -0.39 is 117 Å². The second-order valence-electron chi connectivity index (χ2n) is 20.3. The number of methoxy groups -OCH3 is 1. The maximum atomic E-state index is 13.6. The lowest BCUT2D eigenvalue weighted by Crippen LogP contribution is -2.63. The van der Waals surface area contributed by atoms with Crippen molar-refractivity contribution in [2.24, 2.45) is 56.8 Å². The molecule has 406 valence electrons. The molecule has 0 aliphatic carbocycles. The molecule has 6 aliphatic rings. The topological polar surface area (TPSA) is 308 Å². The van der Waals surface area contributed by atoms with E-state index in [4.69, 9.17) is 66.4 Å². The summed E-state index contributed by atoms with van der Waals surface area (Å²) in [6.07, 6.45) is -6.25. The molecule has 0 spiro atoms. The van der Waals surface area contributed by atoms with Gasteiger partial charge in [-0.25, -0.2) is 0 Å². The molecule has 9 unspecified atom stereocenters. The number of ether oxygens (including phenoxy) is 12. The molecule has 72 heavy (non-hydrogen) atoms. The Bertz CT molecular complexity index is 1920. The molecule has 0 N–H and O–H groups in total. The van der Waals surface area contributed by atoms with Crippen LogP contribution >= 0.6 is 0 Å². The van der Waals surface area contributed by atoms with Crippen LogP contribution in [0.2, 0.25) is 0 Å². The zero-order valence-electron chi connectivity index (χ0n) is 44.1. The first-order valence-corrected chi connectivity index (χ1v) is 25.8. The van der Waals surface area contributed by atoms with Crippen LogP contribution in [0.15, 0.2) is 15.3 Å². The van der Waals surface area contributed by atoms with Gasteiger partial charge in [0.25, 0.3) is 0 Å². The molecular weight excluding hydrogens is 943 g/mol. The first-order valence-electron chi connectivity index (χ1n) is 25.8. The summed E-state index contributed by atoms with van der Waals surface area (Å²) in [5.74, 6) is -1.76. The van der Waals surface area contributed by atoms with Crippen molar-refractivity contribution >= 4 is 11.9 Å². The van der Waals surface area contributed by atoms with Crippen LogP contribution in [0.1, 0.15) is 122 Å². The summed E-state index contributed by atoms with van der Waals surface area (Å²) in [5.41, 5.74) is 28.9. The van der Waals surface area contributed by atoms with Gasteiger partial charge in [-0.15, -0.1) is 0 Å². The molecule has 26 atom stereocenters. The normalized spacial score (nSPS) is 45.3. The van der Waals surface area contributed by atoms with Crippen LogP contribution in [0, 0.1) is 41.4 Å². The molecule has 6 fully saturated rings. The van der Waals surface area contributed by atoms with Crippen molar-refractivity contribution in [3.8, 4) is 0 Å². The van der Waals surface area contributed by atoms with Crippen LogP contribution in [-0.4, -0.2) is 143 Å². The van der Waals surface area contributed by atoms with Crippen molar-refractivity contribution in [1.82, 2.24) is 0 Å². The third-order valence-corrected chi connectivity index (χ3v) is 16.0. The summed E-state index contributed by atoms with van der Waals surface area (Å²) in [6, 6.07) is -2.09. The maximum absolute atomic E-state index is 13.6. The van der Waals surface area contributed by atoms with Gasteiger partial charge in [-0.1, -0.05) is 84.6 Å². The maximum Gasteiger partial charge on any atom is 0.373 e. The number of azide groups is 3. The predicted molar refractivity (Wildman–Crippen MR) is 253 cm³/mol. The Labute approximate surface area is 422 Å². The number of Topliss-reactive ketones (excluding diaryl/α,β-unsaturated/α-hetero) is 1. The third-order valence-electron chi connectivity index (χ3n) is 16.0. The fraction of sp³-hybridized carbons (Fsp3) is 0.958. The molecule has 24 nitrogen and oxygen atoms in total. The lowest BCUT2D eigenvalue weighted by atomic mass is 9.81. The highest BCUT2D eigenvalue weighted by Gasteiger charge is 2.55. The fourth-order valence-corrected chi connectivity index (χ4v) is 11.3. The first-order chi connectivity index (χ1) is 34.5. The zero-order valence-corrected chi connectivity index (χ0v) is 44.1. The molecule has 0 amide bonds. The minimum atomic E-state index is -1.10. The van der Waals surface area contributed by atoms with Gasteiger partial charge in [-0.2, -0.15) is 9.59 Å². The van der Waals surface area contributed by atoms with E-state index in [9.17, 15) is 21.4 Å². The fourth-order valence-electron chi connectivity index (χ4n) is 11.3. The van der Waals surface area contributed by atoms with Gasteiger partial charge in [0, 0.05) is 40.3 Å². The second-order valence-corrected chi connectivity index (χ2v) is 20.3. The Balaban J connectivity index is 0.00000313. The van der Waals surface area contributed by atoms with Crippen molar-refractivity contribution in [2.75, 3.05) is 13.7 Å². The lowest BCUT2D eigenvalue weighted by Gasteiger charge is -2.52. The molecule has 0 aromatic carbocycles. The lowest BCUT2D eigenvalue weighted by molar-refractivity contribution is -0.369. The number of carbonyl (C=O) groups is 1. The second kappa shape index (κ2) is 27.9. The van der Waals surface area contributed by atoms with Gasteiger partial charge >= 0.3 is 6.15 Å². The molecule has 6 heterocycles. The van der Waals surface area contributed by atoms with E-state index in [1.54, 1.807) is 0 Å². The average Bonchev–Trinajstić information content (AvgIpc) is 3.36. The largest absolute Gasteiger partial charge is 0.373 e. The van der Waals surface area contributed by atoms with Gasteiger partial charge in [0.2, 0.25) is 0 Å². The van der Waals surface area contributed by atoms with Crippen molar-refractivity contribution in [3.63, 3.8) is 0 Å². The molecule has 0 aromatic heterocycles. The summed E-state index contributed by atoms with van der Waals surface area (Å²) in [4.78, 5) is 39.3. The molecular formula is C48H79N9O15. The van der Waals surface area contributed by atoms with E-state index in [0.29, 0.717) is 25.9 Å². The minimum absolute atomic E-state index is 0.0637. The summed E-state index contributed by atoms with van der Waals surface area (Å²) < 4.78 is 78.4. The van der Waals surface area contributed by atoms with Crippen molar-refractivity contribution in [2.45, 2.75) is 239 Å². The van der Waals surface area contributed by atoms with E-state index in [0.717, 1.165) is 19.3 Å². The van der Waals surface area contributed by atoms with Crippen LogP contribution < -0.4 is 0 Å². The molecule has 0 bridgehead atoms. The van der Waals surface area contributed by atoms with Gasteiger partial charge in [0.15, 0.2) is 43.5 Å². The van der Waals surface area contributed by atoms with Crippen LogP contribution in [-0.2, 0) is 71.2 Å². The van der Waals surface area contributed by atoms with Crippen molar-refractivity contribution < 1.29 is 71.2 Å². The Morgan fingerprint density at radius 3 is 1.53 bits per heavy atom. The molecule has 6 saturated heterocycles. The monoisotopic (exact) mass is 1020 g/mol. The molecule has 24 heteroatoms. The number of carbonyl (C=O) groups excluding carboxylic acids is 3. The summed E-state index contributed by atoms with van der Waals surface area (Å²) in [6.45, 7) is 24.0. The van der Waals surface area contributed by atoms with Crippen LogP contribution in [0.4, 0.5) is 0 Å². The van der Waals surface area contributed by atoms with E-state index in [1.807, 2.05) is 62.3 Å². The number of hydrogen-bond donors (Lipinski definition) is 0. The number of ketones is 1. The van der Waals surface area contributed by atoms with E-state index >= 15 is 0 Å². The molecule has 0 saturated carbocycles. The van der Waals surface area contributed by atoms with Gasteiger partial charge in [0.05, 0.1) is 67.0 Å². The highest BCUT2D eigenvalue weighted by Crippen LogP contribution is 2.44. The Morgan fingerprint density at radius 2 is 1.03 bits per heavy atom. The van der Waals surface area contributed by atoms with E-state index in [1.165, 1.54) is 14.0 Å². The van der Waals surface area contributed by atoms with Crippen LogP contribution in [0.25, 0.3) is 31.3 Å². The summed E-state index contributed by atoms with van der Waals surface area (Å²) >= 11 is 0. The molecule has 6 aliphatic heterocycles. The van der Waals surface area contributed by atoms with Crippen molar-refractivity contribution in [1.29, 1.82) is 0 Å². The van der Waals surface area contributed by atoms with Crippen molar-refractivity contribution in [3.05, 3.63) is 31.3 Å².